The molecule has 140 valence electrons. The first-order valence-electron chi connectivity index (χ1n) is 7.76. The predicted octanol–water partition coefficient (Wildman–Crippen LogP) is 4.36. The molecule has 0 aliphatic heterocycles. The third kappa shape index (κ3) is 5.10. The maximum Gasteiger partial charge on any atom is 0.269 e. The highest BCUT2D eigenvalue weighted by Crippen LogP contribution is 2.42. The van der Waals surface area contributed by atoms with Gasteiger partial charge >= 0.3 is 0 Å². The summed E-state index contributed by atoms with van der Waals surface area (Å²) in [5.41, 5.74) is -0.142. The van der Waals surface area contributed by atoms with Crippen molar-refractivity contribution >= 4 is 36.0 Å². The molecular weight excluding hydrogens is 394 g/mol. The van der Waals surface area contributed by atoms with Gasteiger partial charge in [-0.1, -0.05) is 43.1 Å². The molecule has 0 amide bonds. The number of nitrogens with zero attached hydrogens (tertiary/aromatic N) is 1. The lowest BCUT2D eigenvalue weighted by Crippen LogP contribution is -2.39. The number of nitro groups is 1. The van der Waals surface area contributed by atoms with Crippen LogP contribution < -0.4 is 4.72 Å². The highest BCUT2D eigenvalue weighted by atomic mass is 32.7. The summed E-state index contributed by atoms with van der Waals surface area (Å²) < 4.78 is 29.9. The molecular formula is C17H20FN2O3PS2. The first-order valence-corrected chi connectivity index (χ1v) is 12.1. The minimum absolute atomic E-state index is 0.0816. The molecule has 2 rings (SSSR count). The number of nitrogens with one attached hydrogen (secondary N) is 1. The van der Waals surface area contributed by atoms with E-state index in [4.69, 9.17) is 0 Å². The Morgan fingerprint density at radius 2 is 1.96 bits per heavy atom. The second kappa shape index (κ2) is 9.04. The number of rotatable bonds is 8. The molecule has 2 aromatic carbocycles. The van der Waals surface area contributed by atoms with Gasteiger partial charge in [-0.3, -0.25) is 19.0 Å². The average molecular weight is 414 g/mol. The lowest BCUT2D eigenvalue weighted by atomic mass is 9.94. The maximum absolute atomic E-state index is 14.3. The molecule has 26 heavy (non-hydrogen) atoms. The van der Waals surface area contributed by atoms with E-state index in [1.54, 1.807) is 6.92 Å². The summed E-state index contributed by atoms with van der Waals surface area (Å²) in [6.45, 7) is 3.58. The second-order valence-corrected chi connectivity index (χ2v) is 11.9. The Hall–Kier alpha value is -1.34. The number of hydrogen-bond acceptors (Lipinski definition) is 5. The van der Waals surface area contributed by atoms with Gasteiger partial charge in [0, 0.05) is 34.3 Å². The van der Waals surface area contributed by atoms with E-state index in [0.717, 1.165) is 17.7 Å². The van der Waals surface area contributed by atoms with E-state index in [1.165, 1.54) is 6.07 Å². The van der Waals surface area contributed by atoms with Crippen LogP contribution in [-0.4, -0.2) is 21.5 Å². The highest BCUT2D eigenvalue weighted by molar-refractivity contribution is 8.46. The third-order valence-corrected chi connectivity index (χ3v) is 9.69. The van der Waals surface area contributed by atoms with E-state index in [1.807, 2.05) is 37.0 Å². The molecule has 0 saturated heterocycles. The summed E-state index contributed by atoms with van der Waals surface area (Å²) in [6.07, 6.45) is 0.683. The molecule has 3 atom stereocenters. The average Bonchev–Trinajstić information content (AvgIpc) is 2.62. The fraction of sp³-hybridized carbons (Fsp3) is 0.294. The summed E-state index contributed by atoms with van der Waals surface area (Å²) in [6, 6.07) is 13.1. The van der Waals surface area contributed by atoms with Crippen LogP contribution in [0, 0.1) is 15.9 Å². The van der Waals surface area contributed by atoms with E-state index in [0.29, 0.717) is 6.16 Å². The lowest BCUT2D eigenvalue weighted by Gasteiger charge is -2.30. The Balaban J connectivity index is 2.22. The van der Waals surface area contributed by atoms with E-state index in [-0.39, 0.29) is 17.0 Å². The fourth-order valence-electron chi connectivity index (χ4n) is 2.49. The highest BCUT2D eigenvalue weighted by Gasteiger charge is 2.33. The topological polar surface area (TPSA) is 72.2 Å². The second-order valence-electron chi connectivity index (χ2n) is 6.10. The molecule has 0 aliphatic rings. The Bertz CT molecular complexity index is 810. The summed E-state index contributed by atoms with van der Waals surface area (Å²) >= 11 is 4.07. The van der Waals surface area contributed by atoms with Gasteiger partial charge in [0.25, 0.3) is 5.69 Å². The van der Waals surface area contributed by atoms with Gasteiger partial charge in [0.05, 0.1) is 16.2 Å². The predicted molar refractivity (Wildman–Crippen MR) is 109 cm³/mol. The van der Waals surface area contributed by atoms with Gasteiger partial charge in [0.15, 0.2) is 0 Å². The Kier molecular flexibility index (Phi) is 7.29. The Labute approximate surface area is 161 Å². The van der Waals surface area contributed by atoms with Gasteiger partial charge in [-0.15, -0.1) is 0 Å². The van der Waals surface area contributed by atoms with Crippen molar-refractivity contribution < 1.29 is 13.5 Å². The number of halogens is 1. The molecule has 0 bridgehead atoms. The minimum atomic E-state index is -1.24. The van der Waals surface area contributed by atoms with Crippen molar-refractivity contribution in [2.75, 3.05) is 12.4 Å². The van der Waals surface area contributed by atoms with Crippen LogP contribution in [0.4, 0.5) is 10.1 Å². The molecule has 9 heteroatoms. The number of thiol groups is 1. The van der Waals surface area contributed by atoms with Crippen LogP contribution in [0.15, 0.2) is 48.5 Å². The van der Waals surface area contributed by atoms with Crippen LogP contribution >= 0.6 is 19.9 Å². The standard InChI is InChI=1S/C17H20FN2O3PS2/c1-17(19-25,15-10-14(20(21)22)8-9-16(15)18)12-26(23)24(2)11-13-6-4-3-5-7-13/h3-10,19,25H,11-12H2,1-2H3/t17-,24?,26?/m0/s1. The van der Waals surface area contributed by atoms with E-state index in [2.05, 4.69) is 17.5 Å². The van der Waals surface area contributed by atoms with Gasteiger partial charge in [0.1, 0.15) is 5.82 Å². The van der Waals surface area contributed by atoms with Crippen LogP contribution in [0.1, 0.15) is 18.1 Å². The number of hydrogen-bond donors (Lipinski definition) is 2. The van der Waals surface area contributed by atoms with Crippen LogP contribution in [-0.2, 0) is 22.1 Å². The van der Waals surface area contributed by atoms with Crippen LogP contribution in [0.2, 0.25) is 0 Å². The first-order chi connectivity index (χ1) is 12.3. The van der Waals surface area contributed by atoms with Crippen molar-refractivity contribution in [3.8, 4) is 0 Å². The molecule has 0 heterocycles. The van der Waals surface area contributed by atoms with Gasteiger partial charge in [0.2, 0.25) is 0 Å². The molecule has 0 fully saturated rings. The lowest BCUT2D eigenvalue weighted by molar-refractivity contribution is -0.385. The molecule has 0 saturated carbocycles. The summed E-state index contributed by atoms with van der Waals surface area (Å²) in [7, 11) is -2.11. The van der Waals surface area contributed by atoms with Crippen molar-refractivity contribution in [1.29, 1.82) is 0 Å². The van der Waals surface area contributed by atoms with Gasteiger partial charge in [-0.05, 0) is 32.3 Å². The molecule has 2 aromatic rings. The van der Waals surface area contributed by atoms with Crippen molar-refractivity contribution in [3.63, 3.8) is 0 Å². The third-order valence-electron chi connectivity index (χ3n) is 4.01. The number of non-ortho nitro benzene ring substituents is 1. The normalized spacial score (nSPS) is 15.8. The minimum Gasteiger partial charge on any atom is -0.258 e. The zero-order valence-corrected chi connectivity index (χ0v) is 17.0. The molecule has 0 spiro atoms. The van der Waals surface area contributed by atoms with E-state index < -0.39 is 33.8 Å². The van der Waals surface area contributed by atoms with Crippen LogP contribution in [0.5, 0.6) is 0 Å². The molecule has 5 nitrogen and oxygen atoms in total. The molecule has 2 unspecified atom stereocenters. The Morgan fingerprint density at radius 3 is 2.54 bits per heavy atom. The molecule has 0 radical (unpaired) electrons. The van der Waals surface area contributed by atoms with Gasteiger partial charge < -0.3 is 0 Å². The van der Waals surface area contributed by atoms with Crippen LogP contribution in [0.25, 0.3) is 0 Å². The molecule has 0 aliphatic carbocycles. The zero-order valence-electron chi connectivity index (χ0n) is 14.4. The number of benzene rings is 2. The molecule has 1 N–H and O–H groups in total. The zero-order chi connectivity index (χ0) is 19.3. The molecule has 0 aromatic heterocycles. The quantitative estimate of drug-likeness (QED) is 0.291. The smallest absolute Gasteiger partial charge is 0.258 e. The SMILES string of the molecule is CP(Cc1ccccc1)S(=O)C[C@](C)(NS)c1cc([N+](=O)[O-])ccc1F. The van der Waals surface area contributed by atoms with E-state index >= 15 is 0 Å². The van der Waals surface area contributed by atoms with E-state index in [9.17, 15) is 18.7 Å². The Morgan fingerprint density at radius 1 is 1.31 bits per heavy atom. The van der Waals surface area contributed by atoms with Crippen molar-refractivity contribution in [2.24, 2.45) is 0 Å². The number of nitro benzene ring substituents is 1. The summed E-state index contributed by atoms with van der Waals surface area (Å²) in [5, 5.41) is 11.0. The first kappa shape index (κ1) is 21.0. The van der Waals surface area contributed by atoms with Gasteiger partial charge in [-0.2, -0.15) is 0 Å². The van der Waals surface area contributed by atoms with Crippen molar-refractivity contribution in [2.45, 2.75) is 18.6 Å². The monoisotopic (exact) mass is 414 g/mol. The van der Waals surface area contributed by atoms with Crippen molar-refractivity contribution in [1.82, 2.24) is 4.72 Å². The van der Waals surface area contributed by atoms with Crippen LogP contribution in [0.3, 0.4) is 0 Å². The fourth-order valence-corrected chi connectivity index (χ4v) is 6.92. The largest absolute Gasteiger partial charge is 0.269 e. The summed E-state index contributed by atoms with van der Waals surface area (Å²) in [5.74, 6) is -0.496. The summed E-state index contributed by atoms with van der Waals surface area (Å²) in [4.78, 5) is 10.4. The van der Waals surface area contributed by atoms with Gasteiger partial charge in [-0.25, -0.2) is 4.39 Å². The van der Waals surface area contributed by atoms with Crippen molar-refractivity contribution in [3.05, 3.63) is 75.6 Å². The maximum atomic E-state index is 14.3.